The largest absolute Gasteiger partial charge is 0.490 e. The van der Waals surface area contributed by atoms with Crippen molar-refractivity contribution in [2.75, 3.05) is 25.1 Å². The number of nitrogens with one attached hydrogen (secondary N) is 1. The van der Waals surface area contributed by atoms with Gasteiger partial charge in [0.15, 0.2) is 23.9 Å². The normalized spacial score (nSPS) is 12.5. The van der Waals surface area contributed by atoms with Crippen LogP contribution in [0.25, 0.3) is 6.08 Å². The van der Waals surface area contributed by atoms with Crippen LogP contribution < -0.4 is 19.5 Å². The molecule has 0 aromatic heterocycles. The van der Waals surface area contributed by atoms with Gasteiger partial charge >= 0.3 is 0 Å². The van der Waals surface area contributed by atoms with E-state index >= 15 is 0 Å². The number of fused-ring (bicyclic) bond motifs is 1. The fourth-order valence-electron chi connectivity index (χ4n) is 2.64. The lowest BCUT2D eigenvalue weighted by atomic mass is 10.1. The van der Waals surface area contributed by atoms with Gasteiger partial charge in [-0.3, -0.25) is 9.59 Å². The highest BCUT2D eigenvalue weighted by Gasteiger charge is 2.17. The van der Waals surface area contributed by atoms with Crippen LogP contribution in [0, 0.1) is 12.3 Å². The molecule has 1 aliphatic heterocycles. The summed E-state index contributed by atoms with van der Waals surface area (Å²) in [7, 11) is 0. The quantitative estimate of drug-likeness (QED) is 0.455. The minimum Gasteiger partial charge on any atom is -0.490 e. The molecule has 3 rings (SSSR count). The van der Waals surface area contributed by atoms with Crippen molar-refractivity contribution in [3.8, 4) is 29.6 Å². The highest BCUT2D eigenvalue weighted by molar-refractivity contribution is 6.08. The third-order valence-corrected chi connectivity index (χ3v) is 3.90. The van der Waals surface area contributed by atoms with E-state index in [2.05, 4.69) is 11.2 Å². The van der Waals surface area contributed by atoms with E-state index in [9.17, 15) is 9.59 Å². The number of terminal acetylenes is 1. The minimum atomic E-state index is -0.247. The van der Waals surface area contributed by atoms with Crippen LogP contribution in [-0.2, 0) is 4.79 Å². The molecule has 2 aromatic carbocycles. The van der Waals surface area contributed by atoms with Crippen molar-refractivity contribution in [2.24, 2.45) is 0 Å². The molecule has 6 nitrogen and oxygen atoms in total. The Bertz CT molecular complexity index is 971. The maximum absolute atomic E-state index is 12.5. The van der Waals surface area contributed by atoms with E-state index < -0.39 is 0 Å². The zero-order chi connectivity index (χ0) is 19.9. The first kappa shape index (κ1) is 19.1. The molecule has 1 aliphatic rings. The molecule has 28 heavy (non-hydrogen) atoms. The first-order chi connectivity index (χ1) is 13.6. The van der Waals surface area contributed by atoms with Crippen molar-refractivity contribution in [3.05, 3.63) is 53.6 Å². The lowest BCUT2D eigenvalue weighted by molar-refractivity contribution is -0.118. The summed E-state index contributed by atoms with van der Waals surface area (Å²) in [6.07, 6.45) is 8.36. The molecule has 1 heterocycles. The van der Waals surface area contributed by atoms with E-state index in [1.54, 1.807) is 42.5 Å². The fraction of sp³-hybridized carbons (Fsp3) is 0.182. The second-order valence-corrected chi connectivity index (χ2v) is 5.88. The summed E-state index contributed by atoms with van der Waals surface area (Å²) >= 11 is 0. The van der Waals surface area contributed by atoms with Gasteiger partial charge in [0.05, 0.1) is 12.3 Å². The highest BCUT2D eigenvalue weighted by atomic mass is 16.5. The number of rotatable bonds is 7. The third-order valence-electron chi connectivity index (χ3n) is 3.90. The summed E-state index contributed by atoms with van der Waals surface area (Å²) < 4.78 is 16.3. The number of carbonyl (C=O) groups is 2. The minimum absolute atomic E-state index is 0.0244. The fourth-order valence-corrected chi connectivity index (χ4v) is 2.64. The van der Waals surface area contributed by atoms with Crippen LogP contribution in [0.5, 0.6) is 17.2 Å². The molecule has 1 N–H and O–H groups in total. The molecule has 0 fully saturated rings. The van der Waals surface area contributed by atoms with E-state index in [4.69, 9.17) is 20.6 Å². The Morgan fingerprint density at radius 2 is 2.11 bits per heavy atom. The molecule has 0 aliphatic carbocycles. The molecule has 0 atom stereocenters. The monoisotopic (exact) mass is 377 g/mol. The van der Waals surface area contributed by atoms with Crippen molar-refractivity contribution in [1.29, 1.82) is 0 Å². The van der Waals surface area contributed by atoms with E-state index in [-0.39, 0.29) is 24.9 Å². The Hall–Kier alpha value is -3.72. The number of hydrogen-bond acceptors (Lipinski definition) is 5. The third kappa shape index (κ3) is 4.51. The predicted octanol–water partition coefficient (Wildman–Crippen LogP) is 3.32. The van der Waals surface area contributed by atoms with E-state index in [1.807, 2.05) is 6.92 Å². The van der Waals surface area contributed by atoms with Crippen LogP contribution in [0.3, 0.4) is 0 Å². The summed E-state index contributed by atoms with van der Waals surface area (Å²) in [5.74, 6) is 3.62. The van der Waals surface area contributed by atoms with Crippen molar-refractivity contribution >= 4 is 23.5 Å². The van der Waals surface area contributed by atoms with Gasteiger partial charge in [0.1, 0.15) is 12.4 Å². The standard InChI is InChI=1S/C22H19NO5/c1-3-11-27-20-9-6-15(12-21(20)26-4-2)5-8-18(24)16-7-10-19-17(13-16)23-22(25)14-28-19/h1,5-10,12-13H,4,11,14H2,2H3,(H,23,25)/b8-5+. The van der Waals surface area contributed by atoms with Crippen LogP contribution in [0.4, 0.5) is 5.69 Å². The van der Waals surface area contributed by atoms with Crippen LogP contribution in [-0.4, -0.2) is 31.5 Å². The van der Waals surface area contributed by atoms with Crippen molar-refractivity contribution < 1.29 is 23.8 Å². The second kappa shape index (κ2) is 8.78. The molecule has 0 bridgehead atoms. The summed E-state index contributed by atoms with van der Waals surface area (Å²) in [5.41, 5.74) is 1.71. The molecular formula is C22H19NO5. The smallest absolute Gasteiger partial charge is 0.262 e. The lowest BCUT2D eigenvalue weighted by Gasteiger charge is -2.17. The molecule has 142 valence electrons. The number of ketones is 1. The Kier molecular flexibility index (Phi) is 5.97. The van der Waals surface area contributed by atoms with Gasteiger partial charge < -0.3 is 19.5 Å². The van der Waals surface area contributed by atoms with E-state index in [0.29, 0.717) is 35.1 Å². The van der Waals surface area contributed by atoms with Gasteiger partial charge in [-0.1, -0.05) is 18.1 Å². The topological polar surface area (TPSA) is 73.9 Å². The maximum Gasteiger partial charge on any atom is 0.262 e. The molecule has 6 heteroatoms. The zero-order valence-corrected chi connectivity index (χ0v) is 15.4. The van der Waals surface area contributed by atoms with Gasteiger partial charge in [-0.25, -0.2) is 0 Å². The first-order valence-electron chi connectivity index (χ1n) is 8.73. The van der Waals surface area contributed by atoms with Crippen molar-refractivity contribution in [1.82, 2.24) is 0 Å². The summed E-state index contributed by atoms with van der Waals surface area (Å²) in [4.78, 5) is 23.9. The van der Waals surface area contributed by atoms with Gasteiger partial charge in [0.2, 0.25) is 0 Å². The average molecular weight is 377 g/mol. The number of allylic oxidation sites excluding steroid dienone is 1. The van der Waals surface area contributed by atoms with Crippen LogP contribution in [0.1, 0.15) is 22.8 Å². The van der Waals surface area contributed by atoms with Crippen molar-refractivity contribution in [3.63, 3.8) is 0 Å². The molecule has 0 radical (unpaired) electrons. The Balaban J connectivity index is 1.77. The van der Waals surface area contributed by atoms with Gasteiger partial charge in [0, 0.05) is 5.56 Å². The van der Waals surface area contributed by atoms with Crippen molar-refractivity contribution in [2.45, 2.75) is 6.92 Å². The highest BCUT2D eigenvalue weighted by Crippen LogP contribution is 2.30. The van der Waals surface area contributed by atoms with Gasteiger partial charge in [-0.15, -0.1) is 6.42 Å². The summed E-state index contributed by atoms with van der Waals surface area (Å²) in [6, 6.07) is 10.3. The van der Waals surface area contributed by atoms with E-state index in [0.717, 1.165) is 5.56 Å². The molecule has 0 saturated heterocycles. The predicted molar refractivity (Wildman–Crippen MR) is 106 cm³/mol. The molecular weight excluding hydrogens is 358 g/mol. The van der Waals surface area contributed by atoms with Crippen LogP contribution >= 0.6 is 0 Å². The average Bonchev–Trinajstić information content (AvgIpc) is 2.71. The number of carbonyl (C=O) groups excluding carboxylic acids is 2. The Morgan fingerprint density at radius 3 is 2.89 bits per heavy atom. The molecule has 0 spiro atoms. The number of hydrogen-bond donors (Lipinski definition) is 1. The first-order valence-corrected chi connectivity index (χ1v) is 8.73. The molecule has 2 aromatic rings. The number of amides is 1. The number of anilines is 1. The Morgan fingerprint density at radius 1 is 1.25 bits per heavy atom. The zero-order valence-electron chi connectivity index (χ0n) is 15.4. The summed E-state index contributed by atoms with van der Waals surface area (Å²) in [5, 5.41) is 2.69. The second-order valence-electron chi connectivity index (χ2n) is 5.88. The molecule has 1 amide bonds. The van der Waals surface area contributed by atoms with Crippen LogP contribution in [0.15, 0.2) is 42.5 Å². The Labute approximate surface area is 163 Å². The maximum atomic E-state index is 12.5. The molecule has 0 saturated carbocycles. The summed E-state index contributed by atoms with van der Waals surface area (Å²) in [6.45, 7) is 2.47. The number of ether oxygens (including phenoxy) is 3. The number of benzene rings is 2. The SMILES string of the molecule is C#CCOc1ccc(/C=C/C(=O)c2ccc3c(c2)NC(=O)CO3)cc1OCC. The van der Waals surface area contributed by atoms with E-state index in [1.165, 1.54) is 6.08 Å². The van der Waals surface area contributed by atoms with Gasteiger partial charge in [-0.05, 0) is 48.9 Å². The molecule has 0 unspecified atom stereocenters. The lowest BCUT2D eigenvalue weighted by Crippen LogP contribution is -2.25. The van der Waals surface area contributed by atoms with Crippen LogP contribution in [0.2, 0.25) is 0 Å². The van der Waals surface area contributed by atoms with Gasteiger partial charge in [-0.2, -0.15) is 0 Å². The van der Waals surface area contributed by atoms with Gasteiger partial charge in [0.25, 0.3) is 5.91 Å².